The van der Waals surface area contributed by atoms with E-state index in [9.17, 15) is 9.59 Å². The Kier molecular flexibility index (Phi) is 7.72. The number of rotatable bonds is 6. The topological polar surface area (TPSA) is 64.0 Å². The molecular weight excluding hydrogens is 502 g/mol. The average molecular weight is 534 g/mol. The lowest BCUT2D eigenvalue weighted by atomic mass is 10.0. The molecule has 2 aromatic carbocycles. The maximum Gasteiger partial charge on any atom is 0.265 e. The number of thiazole rings is 1. The molecule has 0 saturated carbocycles. The Bertz CT molecular complexity index is 1490. The van der Waals surface area contributed by atoms with Crippen LogP contribution in [0.1, 0.15) is 61.8 Å². The number of halogens is 1. The van der Waals surface area contributed by atoms with Crippen LogP contribution >= 0.6 is 22.9 Å². The van der Waals surface area contributed by atoms with Gasteiger partial charge in [-0.25, -0.2) is 4.98 Å². The number of aromatic nitrogens is 2. The van der Waals surface area contributed by atoms with Gasteiger partial charge in [-0.1, -0.05) is 55.8 Å². The number of carbonyl (C=O) groups excluding carboxylic acids is 1. The van der Waals surface area contributed by atoms with Crippen molar-refractivity contribution in [1.29, 1.82) is 0 Å². The van der Waals surface area contributed by atoms with E-state index in [0.717, 1.165) is 40.9 Å². The van der Waals surface area contributed by atoms with Gasteiger partial charge < -0.3 is 5.32 Å². The number of aryl methyl sites for hydroxylation is 2. The third-order valence-corrected chi connectivity index (χ3v) is 7.37. The molecule has 0 spiro atoms. The first-order valence-electron chi connectivity index (χ1n) is 12.5. The van der Waals surface area contributed by atoms with Crippen LogP contribution in [0.4, 0.5) is 0 Å². The molecule has 37 heavy (non-hydrogen) atoms. The average Bonchev–Trinajstić information content (AvgIpc) is 3.33. The van der Waals surface area contributed by atoms with Crippen molar-refractivity contribution in [1.82, 2.24) is 14.9 Å². The Balaban J connectivity index is 1.99. The first-order chi connectivity index (χ1) is 17.5. The summed E-state index contributed by atoms with van der Waals surface area (Å²) in [7, 11) is 0. The van der Waals surface area contributed by atoms with E-state index < -0.39 is 5.54 Å². The molecule has 2 aromatic heterocycles. The molecule has 0 atom stereocenters. The van der Waals surface area contributed by atoms with Gasteiger partial charge in [0.25, 0.3) is 11.5 Å². The van der Waals surface area contributed by atoms with Crippen LogP contribution < -0.4 is 10.9 Å². The molecule has 1 N–H and O–H groups in total. The molecule has 0 radical (unpaired) electrons. The number of carbonyl (C=O) groups is 1. The predicted octanol–water partition coefficient (Wildman–Crippen LogP) is 7.24. The minimum atomic E-state index is -0.427. The van der Waals surface area contributed by atoms with Gasteiger partial charge in [0.15, 0.2) is 0 Å². The van der Waals surface area contributed by atoms with Gasteiger partial charge in [-0.15, -0.1) is 11.3 Å². The fourth-order valence-corrected chi connectivity index (χ4v) is 5.38. The number of hydrogen-bond donors (Lipinski definition) is 1. The number of benzene rings is 2. The van der Waals surface area contributed by atoms with E-state index >= 15 is 0 Å². The van der Waals surface area contributed by atoms with E-state index in [1.165, 1.54) is 11.3 Å². The summed E-state index contributed by atoms with van der Waals surface area (Å²) in [6, 6.07) is 15.3. The van der Waals surface area contributed by atoms with Crippen molar-refractivity contribution < 1.29 is 4.79 Å². The number of amides is 1. The largest absolute Gasteiger partial charge is 0.347 e. The summed E-state index contributed by atoms with van der Waals surface area (Å²) in [5.74, 6) is -0.221. The van der Waals surface area contributed by atoms with Gasteiger partial charge in [-0.05, 0) is 69.9 Å². The van der Waals surface area contributed by atoms with E-state index in [-0.39, 0.29) is 11.5 Å². The number of nitrogens with zero attached hydrogens (tertiary/aromatic N) is 2. The Morgan fingerprint density at radius 1 is 1.05 bits per heavy atom. The van der Waals surface area contributed by atoms with Crippen LogP contribution in [0.25, 0.3) is 27.5 Å². The highest BCUT2D eigenvalue weighted by Gasteiger charge is 2.25. The second kappa shape index (κ2) is 10.6. The van der Waals surface area contributed by atoms with Crippen LogP contribution in [0.2, 0.25) is 5.02 Å². The maximum atomic E-state index is 14.2. The van der Waals surface area contributed by atoms with E-state index in [0.29, 0.717) is 26.9 Å². The lowest BCUT2D eigenvalue weighted by Crippen LogP contribution is -2.41. The van der Waals surface area contributed by atoms with Crippen LogP contribution in [0, 0.1) is 6.92 Å². The highest BCUT2D eigenvalue weighted by molar-refractivity contribution is 7.13. The third kappa shape index (κ3) is 5.55. The van der Waals surface area contributed by atoms with Crippen molar-refractivity contribution in [3.8, 4) is 27.5 Å². The number of para-hydroxylation sites is 1. The summed E-state index contributed by atoms with van der Waals surface area (Å²) in [4.78, 5) is 32.4. The first kappa shape index (κ1) is 26.8. The Morgan fingerprint density at radius 2 is 1.68 bits per heavy atom. The SMILES string of the molecule is CCc1cccc(CC)c1-n1c(C)c(C(=O)NC(C)(C)C)cc(-c2nc(-c3ccc(Cl)cc3)cs2)c1=O. The maximum absolute atomic E-state index is 14.2. The molecule has 0 unspecified atom stereocenters. The van der Waals surface area contributed by atoms with Crippen molar-refractivity contribution >= 4 is 28.8 Å². The molecule has 5 nitrogen and oxygen atoms in total. The van der Waals surface area contributed by atoms with Crippen LogP contribution in [0.3, 0.4) is 0 Å². The molecule has 0 bridgehead atoms. The second-order valence-corrected chi connectivity index (χ2v) is 11.4. The lowest BCUT2D eigenvalue weighted by molar-refractivity contribution is 0.0918. The van der Waals surface area contributed by atoms with Crippen LogP contribution in [0.5, 0.6) is 0 Å². The molecule has 4 rings (SSSR count). The fourth-order valence-electron chi connectivity index (χ4n) is 4.42. The van der Waals surface area contributed by atoms with Gasteiger partial charge >= 0.3 is 0 Å². The number of nitrogens with one attached hydrogen (secondary N) is 1. The molecule has 0 aliphatic carbocycles. The highest BCUT2D eigenvalue weighted by Crippen LogP contribution is 2.31. The fraction of sp³-hybridized carbons (Fsp3) is 0.300. The summed E-state index contributed by atoms with van der Waals surface area (Å²) >= 11 is 7.44. The van der Waals surface area contributed by atoms with E-state index in [1.807, 2.05) is 75.5 Å². The van der Waals surface area contributed by atoms with E-state index in [2.05, 4.69) is 19.2 Å². The van der Waals surface area contributed by atoms with Crippen LogP contribution in [0.15, 0.2) is 58.7 Å². The van der Waals surface area contributed by atoms with Crippen molar-refractivity contribution in [3.05, 3.63) is 91.7 Å². The first-order valence-corrected chi connectivity index (χ1v) is 13.7. The zero-order valence-electron chi connectivity index (χ0n) is 22.1. The summed E-state index contributed by atoms with van der Waals surface area (Å²) in [6.07, 6.45) is 1.53. The monoisotopic (exact) mass is 533 g/mol. The Hall–Kier alpha value is -3.22. The molecule has 1 amide bonds. The van der Waals surface area contributed by atoms with Crippen molar-refractivity contribution in [3.63, 3.8) is 0 Å². The predicted molar refractivity (Wildman–Crippen MR) is 154 cm³/mol. The molecule has 0 saturated heterocycles. The Morgan fingerprint density at radius 3 is 2.24 bits per heavy atom. The Labute approximate surface area is 227 Å². The van der Waals surface area contributed by atoms with Crippen LogP contribution in [-0.4, -0.2) is 21.0 Å². The number of hydrogen-bond acceptors (Lipinski definition) is 4. The number of pyridine rings is 1. The standard InChI is InChI=1S/C30H32ClN3O2S/c1-7-19-10-9-11-20(8-2)26(19)34-18(3)23(27(35)33-30(4,5)6)16-24(29(34)36)28-32-25(17-37-28)21-12-14-22(31)15-13-21/h9-17H,7-8H2,1-6H3,(H,33,35). The summed E-state index contributed by atoms with van der Waals surface area (Å²) in [5, 5.41) is 6.21. The lowest BCUT2D eigenvalue weighted by Gasteiger charge is -2.24. The van der Waals surface area contributed by atoms with Crippen molar-refractivity contribution in [2.24, 2.45) is 0 Å². The van der Waals surface area contributed by atoms with Gasteiger partial charge in [0.2, 0.25) is 0 Å². The highest BCUT2D eigenvalue weighted by atomic mass is 35.5. The van der Waals surface area contributed by atoms with Gasteiger partial charge in [0.1, 0.15) is 5.01 Å². The smallest absolute Gasteiger partial charge is 0.265 e. The van der Waals surface area contributed by atoms with Gasteiger partial charge in [0, 0.05) is 27.2 Å². The molecule has 0 fully saturated rings. The summed E-state index contributed by atoms with van der Waals surface area (Å²) < 4.78 is 1.72. The van der Waals surface area contributed by atoms with Crippen molar-refractivity contribution in [2.45, 2.75) is 59.9 Å². The minimum absolute atomic E-state index is 0.183. The quantitative estimate of drug-likeness (QED) is 0.284. The van der Waals surface area contributed by atoms with Gasteiger partial charge in [-0.3, -0.25) is 14.2 Å². The van der Waals surface area contributed by atoms with Crippen LogP contribution in [-0.2, 0) is 12.8 Å². The molecule has 0 aliphatic heterocycles. The molecule has 7 heteroatoms. The molecule has 0 aliphatic rings. The van der Waals surface area contributed by atoms with E-state index in [4.69, 9.17) is 16.6 Å². The molecular formula is C30H32ClN3O2S. The third-order valence-electron chi connectivity index (χ3n) is 6.24. The zero-order chi connectivity index (χ0) is 26.9. The molecule has 4 aromatic rings. The van der Waals surface area contributed by atoms with Gasteiger partial charge in [0.05, 0.1) is 22.5 Å². The second-order valence-electron chi connectivity index (χ2n) is 10.1. The minimum Gasteiger partial charge on any atom is -0.347 e. The van der Waals surface area contributed by atoms with Crippen molar-refractivity contribution in [2.75, 3.05) is 0 Å². The molecule has 2 heterocycles. The molecule has 192 valence electrons. The summed E-state index contributed by atoms with van der Waals surface area (Å²) in [6.45, 7) is 11.8. The zero-order valence-corrected chi connectivity index (χ0v) is 23.7. The van der Waals surface area contributed by atoms with E-state index in [1.54, 1.807) is 10.6 Å². The van der Waals surface area contributed by atoms with Gasteiger partial charge in [-0.2, -0.15) is 0 Å². The normalized spacial score (nSPS) is 11.5. The summed E-state index contributed by atoms with van der Waals surface area (Å²) in [5.41, 5.74) is 5.51.